The second-order valence-electron chi connectivity index (χ2n) is 6.48. The van der Waals surface area contributed by atoms with E-state index in [1.54, 1.807) is 6.07 Å². The summed E-state index contributed by atoms with van der Waals surface area (Å²) in [5.41, 5.74) is 0.655. The van der Waals surface area contributed by atoms with Gasteiger partial charge in [-0.1, -0.05) is 25.3 Å². The number of carbonyl (C=O) groups excluding carboxylic acids is 1. The van der Waals surface area contributed by atoms with Crippen molar-refractivity contribution in [2.45, 2.75) is 44.4 Å². The first kappa shape index (κ1) is 19.2. The van der Waals surface area contributed by atoms with E-state index in [1.165, 1.54) is 18.6 Å². The normalized spacial score (nSPS) is 15.4. The molecule has 0 unspecified atom stereocenters. The summed E-state index contributed by atoms with van der Waals surface area (Å²) in [5, 5.41) is 0. The Labute approximate surface area is 153 Å². The number of rotatable bonds is 4. The predicted octanol–water partition coefficient (Wildman–Crippen LogP) is 5.99. The van der Waals surface area contributed by atoms with Crippen LogP contribution in [0.4, 0.5) is 17.6 Å². The van der Waals surface area contributed by atoms with Gasteiger partial charge in [-0.05, 0) is 60.7 Å². The third-order valence-corrected chi connectivity index (χ3v) is 4.56. The Morgan fingerprint density at radius 3 is 2.15 bits per heavy atom. The van der Waals surface area contributed by atoms with Gasteiger partial charge in [-0.3, -0.25) is 0 Å². The lowest BCUT2D eigenvalue weighted by atomic mass is 9.84. The summed E-state index contributed by atoms with van der Waals surface area (Å²) in [4.78, 5) is 12.2. The molecule has 7 heteroatoms. The maximum absolute atomic E-state index is 14.4. The molecular formula is C20H18F4O3. The van der Waals surface area contributed by atoms with Gasteiger partial charge in [0.25, 0.3) is 0 Å². The molecule has 1 aliphatic rings. The van der Waals surface area contributed by atoms with Crippen molar-refractivity contribution in [1.82, 2.24) is 0 Å². The molecule has 3 rings (SSSR count). The molecule has 0 aliphatic heterocycles. The van der Waals surface area contributed by atoms with Crippen molar-refractivity contribution in [2.75, 3.05) is 0 Å². The van der Waals surface area contributed by atoms with E-state index in [4.69, 9.17) is 4.74 Å². The molecule has 1 saturated carbocycles. The highest BCUT2D eigenvalue weighted by atomic mass is 19.4. The lowest BCUT2D eigenvalue weighted by Gasteiger charge is -2.22. The molecule has 0 bridgehead atoms. The molecule has 1 fully saturated rings. The SMILES string of the molecule is O=C(Oc1ccc(OC(F)(F)F)cc1)c1ccc(C2CCCCC2)cc1F. The largest absolute Gasteiger partial charge is 0.573 e. The Bertz CT molecular complexity index is 794. The molecule has 0 saturated heterocycles. The third-order valence-electron chi connectivity index (χ3n) is 4.56. The van der Waals surface area contributed by atoms with E-state index in [0.717, 1.165) is 55.5 Å². The highest BCUT2D eigenvalue weighted by molar-refractivity contribution is 5.91. The molecule has 27 heavy (non-hydrogen) atoms. The first-order valence-electron chi connectivity index (χ1n) is 8.69. The van der Waals surface area contributed by atoms with Crippen molar-refractivity contribution in [1.29, 1.82) is 0 Å². The summed E-state index contributed by atoms with van der Waals surface area (Å²) in [6.45, 7) is 0. The number of esters is 1. The molecular weight excluding hydrogens is 364 g/mol. The first-order chi connectivity index (χ1) is 12.8. The standard InChI is InChI=1S/C20H18F4O3/c21-18-12-14(13-4-2-1-3-5-13)6-11-17(18)19(25)26-15-7-9-16(10-8-15)27-20(22,23)24/h6-13H,1-5H2. The fourth-order valence-electron chi connectivity index (χ4n) is 3.26. The first-order valence-corrected chi connectivity index (χ1v) is 8.69. The molecule has 144 valence electrons. The van der Waals surface area contributed by atoms with Crippen LogP contribution < -0.4 is 9.47 Å². The summed E-state index contributed by atoms with van der Waals surface area (Å²) in [6.07, 6.45) is 0.636. The summed E-state index contributed by atoms with van der Waals surface area (Å²) >= 11 is 0. The predicted molar refractivity (Wildman–Crippen MR) is 90.3 cm³/mol. The zero-order valence-electron chi connectivity index (χ0n) is 14.4. The zero-order valence-corrected chi connectivity index (χ0v) is 14.4. The molecule has 2 aromatic rings. The number of benzene rings is 2. The van der Waals surface area contributed by atoms with Gasteiger partial charge in [0.05, 0.1) is 5.56 Å². The van der Waals surface area contributed by atoms with Crippen LogP contribution >= 0.6 is 0 Å². The van der Waals surface area contributed by atoms with E-state index in [2.05, 4.69) is 4.74 Å². The van der Waals surface area contributed by atoms with Gasteiger partial charge in [0, 0.05) is 0 Å². The number of alkyl halides is 3. The van der Waals surface area contributed by atoms with E-state index in [9.17, 15) is 22.4 Å². The van der Waals surface area contributed by atoms with Gasteiger partial charge in [-0.15, -0.1) is 13.2 Å². The van der Waals surface area contributed by atoms with Crippen LogP contribution in [-0.2, 0) is 0 Å². The van der Waals surface area contributed by atoms with Crippen molar-refractivity contribution >= 4 is 5.97 Å². The van der Waals surface area contributed by atoms with Crippen LogP contribution in [0.2, 0.25) is 0 Å². The Balaban J connectivity index is 1.67. The summed E-state index contributed by atoms with van der Waals surface area (Å²) in [5.74, 6) is -1.72. The van der Waals surface area contributed by atoms with Crippen molar-refractivity contribution < 1.29 is 31.8 Å². The number of carbonyl (C=O) groups is 1. The fourth-order valence-corrected chi connectivity index (χ4v) is 3.26. The van der Waals surface area contributed by atoms with Crippen molar-refractivity contribution in [3.63, 3.8) is 0 Å². The quantitative estimate of drug-likeness (QED) is 0.370. The zero-order chi connectivity index (χ0) is 19.4. The number of halogens is 4. The van der Waals surface area contributed by atoms with Crippen LogP contribution in [0.15, 0.2) is 42.5 Å². The van der Waals surface area contributed by atoms with E-state index < -0.39 is 23.9 Å². The molecule has 0 N–H and O–H groups in total. The third kappa shape index (κ3) is 5.21. The van der Waals surface area contributed by atoms with Crippen molar-refractivity contribution in [2.24, 2.45) is 0 Å². The minimum absolute atomic E-state index is 0.00900. The molecule has 1 aliphatic carbocycles. The smallest absolute Gasteiger partial charge is 0.423 e. The summed E-state index contributed by atoms with van der Waals surface area (Å²) in [6, 6.07) is 8.81. The molecule has 0 radical (unpaired) electrons. The maximum Gasteiger partial charge on any atom is 0.573 e. The minimum Gasteiger partial charge on any atom is -0.423 e. The monoisotopic (exact) mass is 382 g/mol. The lowest BCUT2D eigenvalue weighted by Crippen LogP contribution is -2.17. The number of hydrogen-bond acceptors (Lipinski definition) is 3. The Kier molecular flexibility index (Phi) is 5.68. The number of hydrogen-bond donors (Lipinski definition) is 0. The summed E-state index contributed by atoms with van der Waals surface area (Å²) < 4.78 is 59.5. The van der Waals surface area contributed by atoms with Crippen LogP contribution in [0.1, 0.15) is 53.9 Å². The van der Waals surface area contributed by atoms with Crippen LogP contribution in [-0.4, -0.2) is 12.3 Å². The van der Waals surface area contributed by atoms with Gasteiger partial charge >= 0.3 is 12.3 Å². The molecule has 0 aromatic heterocycles. The van der Waals surface area contributed by atoms with Gasteiger partial charge < -0.3 is 9.47 Å². The Hall–Kier alpha value is -2.57. The molecule has 3 nitrogen and oxygen atoms in total. The molecule has 0 atom stereocenters. The van der Waals surface area contributed by atoms with Crippen LogP contribution in [0, 0.1) is 5.82 Å². The lowest BCUT2D eigenvalue weighted by molar-refractivity contribution is -0.274. The van der Waals surface area contributed by atoms with Crippen molar-refractivity contribution in [3.8, 4) is 11.5 Å². The highest BCUT2D eigenvalue weighted by Gasteiger charge is 2.31. The number of ether oxygens (including phenoxy) is 2. The fraction of sp³-hybridized carbons (Fsp3) is 0.350. The van der Waals surface area contributed by atoms with Gasteiger partial charge in [-0.2, -0.15) is 0 Å². The molecule has 0 spiro atoms. The van der Waals surface area contributed by atoms with E-state index >= 15 is 0 Å². The van der Waals surface area contributed by atoms with Crippen LogP contribution in [0.5, 0.6) is 11.5 Å². The van der Waals surface area contributed by atoms with Gasteiger partial charge in [0.15, 0.2) is 0 Å². The van der Waals surface area contributed by atoms with Crippen LogP contribution in [0.3, 0.4) is 0 Å². The molecule has 0 heterocycles. The topological polar surface area (TPSA) is 35.5 Å². The molecule has 2 aromatic carbocycles. The van der Waals surface area contributed by atoms with Crippen molar-refractivity contribution in [3.05, 3.63) is 59.4 Å². The maximum atomic E-state index is 14.4. The van der Waals surface area contributed by atoms with Gasteiger partial charge in [-0.25, -0.2) is 9.18 Å². The second-order valence-corrected chi connectivity index (χ2v) is 6.48. The summed E-state index contributed by atoms with van der Waals surface area (Å²) in [7, 11) is 0. The Morgan fingerprint density at radius 2 is 1.56 bits per heavy atom. The van der Waals surface area contributed by atoms with E-state index in [-0.39, 0.29) is 11.3 Å². The minimum atomic E-state index is -4.80. The van der Waals surface area contributed by atoms with Gasteiger partial charge in [0.2, 0.25) is 0 Å². The van der Waals surface area contributed by atoms with Gasteiger partial charge in [0.1, 0.15) is 17.3 Å². The van der Waals surface area contributed by atoms with Crippen LogP contribution in [0.25, 0.3) is 0 Å². The average molecular weight is 382 g/mol. The van der Waals surface area contributed by atoms with E-state index in [0.29, 0.717) is 5.92 Å². The van der Waals surface area contributed by atoms with E-state index in [1.807, 2.05) is 0 Å². The molecule has 0 amide bonds. The second kappa shape index (κ2) is 7.98. The Morgan fingerprint density at radius 1 is 0.926 bits per heavy atom. The highest BCUT2D eigenvalue weighted by Crippen LogP contribution is 2.33. The average Bonchev–Trinajstić information content (AvgIpc) is 2.62.